The maximum Gasteiger partial charge on any atom is 0.319 e. The number of urea groups is 1. The monoisotopic (exact) mass is 333 g/mol. The summed E-state index contributed by atoms with van der Waals surface area (Å²) in [5.74, 6) is 0.463. The van der Waals surface area contributed by atoms with Crippen molar-refractivity contribution in [3.8, 4) is 0 Å². The summed E-state index contributed by atoms with van der Waals surface area (Å²) >= 11 is 0. The number of benzene rings is 1. The fourth-order valence-electron chi connectivity index (χ4n) is 3.88. The van der Waals surface area contributed by atoms with Crippen molar-refractivity contribution in [2.24, 2.45) is 5.92 Å². The second-order valence-corrected chi connectivity index (χ2v) is 7.12. The number of amides is 2. The second-order valence-electron chi connectivity index (χ2n) is 7.12. The number of halogens is 1. The van der Waals surface area contributed by atoms with Crippen LogP contribution in [0.25, 0.3) is 0 Å². The standard InChI is InChI=1S/C19H28FN3O/c1-21(15-16-5-3-2-4-6-16)19(24)23-13-11-22(12-14-23)18-9-7-17(20)8-10-18/h7-10,16H,2-6,11-15H2,1H3. The molecule has 5 heteroatoms. The van der Waals surface area contributed by atoms with E-state index in [1.165, 1.54) is 44.2 Å². The van der Waals surface area contributed by atoms with E-state index >= 15 is 0 Å². The molecule has 0 atom stereocenters. The summed E-state index contributed by atoms with van der Waals surface area (Å²) in [5, 5.41) is 0. The average Bonchev–Trinajstić information content (AvgIpc) is 2.63. The molecular formula is C19H28FN3O. The van der Waals surface area contributed by atoms with Crippen molar-refractivity contribution in [1.82, 2.24) is 9.80 Å². The van der Waals surface area contributed by atoms with Crippen molar-refractivity contribution in [2.75, 3.05) is 44.7 Å². The molecule has 132 valence electrons. The highest BCUT2D eigenvalue weighted by Gasteiger charge is 2.25. The summed E-state index contributed by atoms with van der Waals surface area (Å²) in [6.45, 7) is 3.94. The van der Waals surface area contributed by atoms with E-state index in [-0.39, 0.29) is 11.8 Å². The highest BCUT2D eigenvalue weighted by atomic mass is 19.1. The number of carbonyl (C=O) groups excluding carboxylic acids is 1. The zero-order valence-corrected chi connectivity index (χ0v) is 14.6. The number of piperazine rings is 1. The zero-order chi connectivity index (χ0) is 16.9. The normalized spacial score (nSPS) is 19.4. The Morgan fingerprint density at radius 2 is 1.71 bits per heavy atom. The molecule has 1 saturated heterocycles. The number of nitrogens with zero attached hydrogens (tertiary/aromatic N) is 3. The third kappa shape index (κ3) is 4.19. The summed E-state index contributed by atoms with van der Waals surface area (Å²) in [7, 11) is 1.93. The number of rotatable bonds is 3. The Morgan fingerprint density at radius 3 is 2.33 bits per heavy atom. The third-order valence-electron chi connectivity index (χ3n) is 5.33. The summed E-state index contributed by atoms with van der Waals surface area (Å²) in [6.07, 6.45) is 6.48. The molecule has 0 unspecified atom stereocenters. The van der Waals surface area contributed by atoms with E-state index in [2.05, 4.69) is 4.90 Å². The van der Waals surface area contributed by atoms with Crippen molar-refractivity contribution in [3.05, 3.63) is 30.1 Å². The van der Waals surface area contributed by atoms with Crippen LogP contribution in [0.3, 0.4) is 0 Å². The lowest BCUT2D eigenvalue weighted by atomic mass is 9.89. The zero-order valence-electron chi connectivity index (χ0n) is 14.6. The number of hydrogen-bond acceptors (Lipinski definition) is 2. The van der Waals surface area contributed by atoms with E-state index in [1.54, 1.807) is 0 Å². The SMILES string of the molecule is CN(CC1CCCCC1)C(=O)N1CCN(c2ccc(F)cc2)CC1. The van der Waals surface area contributed by atoms with Gasteiger partial charge in [-0.15, -0.1) is 0 Å². The van der Waals surface area contributed by atoms with Gasteiger partial charge in [0.25, 0.3) is 0 Å². The molecule has 1 aliphatic carbocycles. The Bertz CT molecular complexity index is 534. The third-order valence-corrected chi connectivity index (χ3v) is 5.33. The van der Waals surface area contributed by atoms with Gasteiger partial charge in [0.2, 0.25) is 0 Å². The van der Waals surface area contributed by atoms with E-state index in [0.717, 1.165) is 38.4 Å². The second kappa shape index (κ2) is 7.86. The van der Waals surface area contributed by atoms with Crippen LogP contribution in [0.15, 0.2) is 24.3 Å². The molecule has 3 rings (SSSR count). The first-order valence-corrected chi connectivity index (χ1v) is 9.14. The minimum Gasteiger partial charge on any atom is -0.368 e. The minimum absolute atomic E-state index is 0.152. The minimum atomic E-state index is -0.211. The molecule has 1 heterocycles. The van der Waals surface area contributed by atoms with Crippen molar-refractivity contribution in [2.45, 2.75) is 32.1 Å². The van der Waals surface area contributed by atoms with Crippen LogP contribution in [-0.4, -0.2) is 55.6 Å². The Kier molecular flexibility index (Phi) is 5.59. The fraction of sp³-hybridized carbons (Fsp3) is 0.632. The van der Waals surface area contributed by atoms with Crippen LogP contribution in [0.4, 0.5) is 14.9 Å². The van der Waals surface area contributed by atoms with Crippen LogP contribution in [-0.2, 0) is 0 Å². The van der Waals surface area contributed by atoms with Gasteiger partial charge in [-0.2, -0.15) is 0 Å². The molecule has 0 spiro atoms. The molecule has 1 saturated carbocycles. The number of anilines is 1. The van der Waals surface area contributed by atoms with Crippen molar-refractivity contribution in [3.63, 3.8) is 0 Å². The fourth-order valence-corrected chi connectivity index (χ4v) is 3.88. The molecule has 4 nitrogen and oxygen atoms in total. The highest BCUT2D eigenvalue weighted by molar-refractivity contribution is 5.74. The van der Waals surface area contributed by atoms with E-state index in [9.17, 15) is 9.18 Å². The Morgan fingerprint density at radius 1 is 1.08 bits per heavy atom. The smallest absolute Gasteiger partial charge is 0.319 e. The van der Waals surface area contributed by atoms with Gasteiger partial charge < -0.3 is 14.7 Å². The first-order valence-electron chi connectivity index (χ1n) is 9.14. The van der Waals surface area contributed by atoms with Crippen LogP contribution in [0, 0.1) is 11.7 Å². The van der Waals surface area contributed by atoms with Gasteiger partial charge in [0.1, 0.15) is 5.82 Å². The molecule has 2 amide bonds. The molecule has 0 N–H and O–H groups in total. The average molecular weight is 333 g/mol. The molecule has 24 heavy (non-hydrogen) atoms. The summed E-state index contributed by atoms with van der Waals surface area (Å²) < 4.78 is 13.0. The van der Waals surface area contributed by atoms with Crippen molar-refractivity contribution >= 4 is 11.7 Å². The predicted octanol–water partition coefficient (Wildman–Crippen LogP) is 3.58. The van der Waals surface area contributed by atoms with Crippen LogP contribution in [0.2, 0.25) is 0 Å². The van der Waals surface area contributed by atoms with Gasteiger partial charge in [-0.25, -0.2) is 9.18 Å². The molecule has 2 fully saturated rings. The molecule has 0 radical (unpaired) electrons. The lowest BCUT2D eigenvalue weighted by Gasteiger charge is -2.38. The summed E-state index contributed by atoms with van der Waals surface area (Å²) in [5.41, 5.74) is 1.03. The highest BCUT2D eigenvalue weighted by Crippen LogP contribution is 2.24. The van der Waals surface area contributed by atoms with Gasteiger partial charge >= 0.3 is 6.03 Å². The maximum atomic E-state index is 13.0. The van der Waals surface area contributed by atoms with E-state index in [0.29, 0.717) is 5.92 Å². The lowest BCUT2D eigenvalue weighted by molar-refractivity contribution is 0.148. The Hall–Kier alpha value is -1.78. The van der Waals surface area contributed by atoms with Gasteiger partial charge in [-0.1, -0.05) is 19.3 Å². The number of hydrogen-bond donors (Lipinski definition) is 0. The van der Waals surface area contributed by atoms with E-state index in [4.69, 9.17) is 0 Å². The van der Waals surface area contributed by atoms with Crippen LogP contribution in [0.5, 0.6) is 0 Å². The molecular weight excluding hydrogens is 305 g/mol. The molecule has 0 bridgehead atoms. The Labute approximate surface area is 144 Å². The van der Waals surface area contributed by atoms with Gasteiger partial charge in [-0.3, -0.25) is 0 Å². The molecule has 2 aliphatic rings. The Balaban J connectivity index is 1.48. The maximum absolute atomic E-state index is 13.0. The van der Waals surface area contributed by atoms with E-state index in [1.807, 2.05) is 29.0 Å². The van der Waals surface area contributed by atoms with Gasteiger partial charge in [0.15, 0.2) is 0 Å². The molecule has 1 aromatic rings. The molecule has 0 aromatic heterocycles. The van der Waals surface area contributed by atoms with Crippen molar-refractivity contribution < 1.29 is 9.18 Å². The summed E-state index contributed by atoms with van der Waals surface area (Å²) in [4.78, 5) is 18.7. The van der Waals surface area contributed by atoms with Crippen molar-refractivity contribution in [1.29, 1.82) is 0 Å². The molecule has 1 aliphatic heterocycles. The largest absolute Gasteiger partial charge is 0.368 e. The van der Waals surface area contributed by atoms with Gasteiger partial charge in [0, 0.05) is 45.5 Å². The topological polar surface area (TPSA) is 26.8 Å². The predicted molar refractivity (Wildman–Crippen MR) is 94.8 cm³/mol. The molecule has 1 aromatic carbocycles. The van der Waals surface area contributed by atoms with Gasteiger partial charge in [0.05, 0.1) is 0 Å². The van der Waals surface area contributed by atoms with E-state index < -0.39 is 0 Å². The number of carbonyl (C=O) groups is 1. The van der Waals surface area contributed by atoms with Crippen LogP contribution in [0.1, 0.15) is 32.1 Å². The summed E-state index contributed by atoms with van der Waals surface area (Å²) in [6, 6.07) is 6.75. The van der Waals surface area contributed by atoms with Crippen LogP contribution >= 0.6 is 0 Å². The van der Waals surface area contributed by atoms with Gasteiger partial charge in [-0.05, 0) is 43.0 Å². The lowest BCUT2D eigenvalue weighted by Crippen LogP contribution is -2.52. The first-order chi connectivity index (χ1) is 11.6. The quantitative estimate of drug-likeness (QED) is 0.845. The first kappa shape index (κ1) is 17.1. The van der Waals surface area contributed by atoms with Crippen LogP contribution < -0.4 is 4.90 Å².